The molecule has 1 saturated carbocycles. The summed E-state index contributed by atoms with van der Waals surface area (Å²) in [6.45, 7) is 8.70. The van der Waals surface area contributed by atoms with Crippen LogP contribution in [-0.4, -0.2) is 41.4 Å². The van der Waals surface area contributed by atoms with Gasteiger partial charge < -0.3 is 10.1 Å². The van der Waals surface area contributed by atoms with E-state index in [4.69, 9.17) is 4.74 Å². The molecule has 1 heterocycles. The Labute approximate surface area is 149 Å². The van der Waals surface area contributed by atoms with Gasteiger partial charge >= 0.3 is 6.09 Å². The number of rotatable bonds is 4. The first-order valence-electron chi connectivity index (χ1n) is 9.14. The highest BCUT2D eigenvalue weighted by Crippen LogP contribution is 2.48. The van der Waals surface area contributed by atoms with Crippen LogP contribution in [-0.2, 0) is 4.74 Å². The van der Waals surface area contributed by atoms with Crippen molar-refractivity contribution in [2.75, 3.05) is 13.1 Å². The summed E-state index contributed by atoms with van der Waals surface area (Å²) < 4.78 is 20.2. The molecule has 3 rings (SSSR count). The Morgan fingerprint density at radius 1 is 1.28 bits per heavy atom. The molecule has 1 saturated heterocycles. The number of halogens is 1. The minimum Gasteiger partial charge on any atom is -0.444 e. The number of hydrogen-bond acceptors (Lipinski definition) is 3. The maximum Gasteiger partial charge on any atom is 0.408 e. The van der Waals surface area contributed by atoms with Crippen LogP contribution in [0.5, 0.6) is 0 Å². The Morgan fingerprint density at radius 3 is 2.48 bits per heavy atom. The number of benzene rings is 1. The third-order valence-corrected chi connectivity index (χ3v) is 5.35. The van der Waals surface area contributed by atoms with Gasteiger partial charge in [-0.1, -0.05) is 30.3 Å². The Kier molecular flexibility index (Phi) is 4.80. The monoisotopic (exact) mass is 348 g/mol. The van der Waals surface area contributed by atoms with Gasteiger partial charge in [-0.25, -0.2) is 9.18 Å². The van der Waals surface area contributed by atoms with Crippen LogP contribution in [0.25, 0.3) is 0 Å². The van der Waals surface area contributed by atoms with Crippen LogP contribution in [0, 0.1) is 5.92 Å². The smallest absolute Gasteiger partial charge is 0.408 e. The van der Waals surface area contributed by atoms with Gasteiger partial charge in [0, 0.05) is 25.0 Å². The lowest BCUT2D eigenvalue weighted by atomic mass is 9.95. The summed E-state index contributed by atoms with van der Waals surface area (Å²) in [5.41, 5.74) is 0.214. The average Bonchev–Trinajstić information content (AvgIpc) is 3.18. The highest BCUT2D eigenvalue weighted by atomic mass is 19.1. The highest BCUT2D eigenvalue weighted by Gasteiger charge is 2.57. The van der Waals surface area contributed by atoms with E-state index in [9.17, 15) is 9.18 Å². The first-order chi connectivity index (χ1) is 11.7. The number of alkyl carbamates (subject to hydrolysis) is 1. The maximum atomic E-state index is 14.8. The van der Waals surface area contributed by atoms with Gasteiger partial charge in [0.15, 0.2) is 0 Å². The molecule has 1 aliphatic heterocycles. The predicted octanol–water partition coefficient (Wildman–Crippen LogP) is 4.07. The van der Waals surface area contributed by atoms with Gasteiger partial charge in [0.25, 0.3) is 0 Å². The van der Waals surface area contributed by atoms with Gasteiger partial charge in [0.2, 0.25) is 0 Å². The molecule has 3 atom stereocenters. The number of carbonyl (C=O) groups excluding carboxylic acids is 1. The van der Waals surface area contributed by atoms with E-state index in [1.165, 1.54) is 5.56 Å². The van der Waals surface area contributed by atoms with Crippen molar-refractivity contribution >= 4 is 6.09 Å². The van der Waals surface area contributed by atoms with Crippen LogP contribution in [0.2, 0.25) is 0 Å². The largest absolute Gasteiger partial charge is 0.444 e. The van der Waals surface area contributed by atoms with Gasteiger partial charge in [0.1, 0.15) is 11.8 Å². The molecule has 0 spiro atoms. The van der Waals surface area contributed by atoms with E-state index < -0.39 is 23.4 Å². The number of likely N-dealkylation sites (tertiary alicyclic amines) is 1. The molecule has 1 aromatic rings. The summed E-state index contributed by atoms with van der Waals surface area (Å²) in [5.74, 6) is -0.175. The molecule has 1 aliphatic carbocycles. The van der Waals surface area contributed by atoms with Crippen LogP contribution in [0.4, 0.5) is 9.18 Å². The van der Waals surface area contributed by atoms with Crippen LogP contribution < -0.4 is 5.32 Å². The molecule has 2 aliphatic rings. The van der Waals surface area contributed by atoms with E-state index in [1.807, 2.05) is 39.0 Å². The molecule has 4 nitrogen and oxygen atoms in total. The fourth-order valence-corrected chi connectivity index (χ4v) is 3.80. The van der Waals surface area contributed by atoms with Gasteiger partial charge in [-0.2, -0.15) is 0 Å². The molecule has 0 bridgehead atoms. The van der Waals surface area contributed by atoms with Crippen LogP contribution in [0.3, 0.4) is 0 Å². The van der Waals surface area contributed by atoms with E-state index in [0.29, 0.717) is 13.1 Å². The van der Waals surface area contributed by atoms with Crippen molar-refractivity contribution in [3.8, 4) is 0 Å². The normalized spacial score (nSPS) is 26.9. The molecule has 1 N–H and O–H groups in total. The molecular formula is C20H29FN2O2. The molecule has 138 valence electrons. The molecule has 25 heavy (non-hydrogen) atoms. The van der Waals surface area contributed by atoms with E-state index in [-0.39, 0.29) is 12.0 Å². The second-order valence-electron chi connectivity index (χ2n) is 8.45. The molecular weight excluding hydrogens is 319 g/mol. The zero-order valence-corrected chi connectivity index (χ0v) is 15.6. The minimum absolute atomic E-state index is 0.168. The maximum absolute atomic E-state index is 14.8. The van der Waals surface area contributed by atoms with Crippen molar-refractivity contribution < 1.29 is 13.9 Å². The Balaban J connectivity index is 1.64. The van der Waals surface area contributed by atoms with Crippen molar-refractivity contribution in [1.29, 1.82) is 0 Å². The van der Waals surface area contributed by atoms with Crippen molar-refractivity contribution in [2.45, 2.75) is 63.9 Å². The molecule has 2 fully saturated rings. The first-order valence-corrected chi connectivity index (χ1v) is 9.14. The number of ether oxygens (including phenoxy) is 1. The SMILES string of the molecule is C[C@@H](c1ccccc1)N1C[C@@H](F)[C@@H](C2(NC(=O)OC(C)(C)C)CC2)C1. The Morgan fingerprint density at radius 2 is 1.92 bits per heavy atom. The van der Waals surface area contributed by atoms with Gasteiger partial charge in [0.05, 0.1) is 5.54 Å². The highest BCUT2D eigenvalue weighted by molar-refractivity contribution is 5.69. The van der Waals surface area contributed by atoms with Gasteiger partial charge in [-0.05, 0) is 46.1 Å². The summed E-state index contributed by atoms with van der Waals surface area (Å²) in [6, 6.07) is 10.3. The number of alkyl halides is 1. The zero-order valence-electron chi connectivity index (χ0n) is 15.6. The second kappa shape index (κ2) is 6.60. The molecule has 5 heteroatoms. The third-order valence-electron chi connectivity index (χ3n) is 5.35. The molecule has 0 radical (unpaired) electrons. The minimum atomic E-state index is -0.927. The number of carbonyl (C=O) groups is 1. The second-order valence-corrected chi connectivity index (χ2v) is 8.45. The van der Waals surface area contributed by atoms with E-state index in [1.54, 1.807) is 0 Å². The molecule has 1 aromatic carbocycles. The van der Waals surface area contributed by atoms with E-state index in [2.05, 4.69) is 29.3 Å². The molecule has 1 amide bonds. The van der Waals surface area contributed by atoms with Crippen LogP contribution >= 0.6 is 0 Å². The van der Waals surface area contributed by atoms with Crippen molar-refractivity contribution in [1.82, 2.24) is 10.2 Å². The topological polar surface area (TPSA) is 41.6 Å². The van der Waals surface area contributed by atoms with Crippen LogP contribution in [0.15, 0.2) is 30.3 Å². The fraction of sp³-hybridized carbons (Fsp3) is 0.650. The third kappa shape index (κ3) is 4.14. The lowest BCUT2D eigenvalue weighted by Gasteiger charge is -2.29. The van der Waals surface area contributed by atoms with Crippen molar-refractivity contribution in [3.63, 3.8) is 0 Å². The van der Waals surface area contributed by atoms with E-state index in [0.717, 1.165) is 12.8 Å². The summed E-state index contributed by atoms with van der Waals surface area (Å²) in [6.07, 6.45) is 0.283. The fourth-order valence-electron chi connectivity index (χ4n) is 3.80. The zero-order chi connectivity index (χ0) is 18.2. The van der Waals surface area contributed by atoms with Crippen molar-refractivity contribution in [2.24, 2.45) is 5.92 Å². The Hall–Kier alpha value is -1.62. The molecule has 0 aromatic heterocycles. The lowest BCUT2D eigenvalue weighted by molar-refractivity contribution is 0.0461. The number of amides is 1. The first kappa shape index (κ1) is 18.2. The van der Waals surface area contributed by atoms with Gasteiger partial charge in [-0.15, -0.1) is 0 Å². The lowest BCUT2D eigenvalue weighted by Crippen LogP contribution is -2.47. The predicted molar refractivity (Wildman–Crippen MR) is 96.2 cm³/mol. The van der Waals surface area contributed by atoms with Gasteiger partial charge in [-0.3, -0.25) is 4.90 Å². The Bertz CT molecular complexity index is 610. The number of nitrogens with one attached hydrogen (secondary N) is 1. The van der Waals surface area contributed by atoms with E-state index >= 15 is 0 Å². The number of nitrogens with zero attached hydrogens (tertiary/aromatic N) is 1. The summed E-state index contributed by atoms with van der Waals surface area (Å²) in [7, 11) is 0. The quantitative estimate of drug-likeness (QED) is 0.892. The van der Waals surface area contributed by atoms with Crippen LogP contribution in [0.1, 0.15) is 52.1 Å². The average molecular weight is 348 g/mol. The van der Waals surface area contributed by atoms with Crippen molar-refractivity contribution in [3.05, 3.63) is 35.9 Å². The summed E-state index contributed by atoms with van der Waals surface area (Å²) in [4.78, 5) is 14.3. The number of hydrogen-bond donors (Lipinski definition) is 1. The summed E-state index contributed by atoms with van der Waals surface area (Å²) >= 11 is 0. The standard InChI is InChI=1S/C20H29FN2O2/c1-14(15-8-6-5-7-9-15)23-12-16(17(21)13-23)20(10-11-20)22-18(24)25-19(2,3)4/h5-9,14,16-17H,10-13H2,1-4H3,(H,22,24)/t14-,16-,17+/m0/s1. The molecule has 0 unspecified atom stereocenters. The summed E-state index contributed by atoms with van der Waals surface area (Å²) in [5, 5.41) is 2.97.